The van der Waals surface area contributed by atoms with Gasteiger partial charge in [0.2, 0.25) is 5.91 Å². The zero-order valence-electron chi connectivity index (χ0n) is 15.8. The molecule has 0 aliphatic carbocycles. The molecule has 0 unspecified atom stereocenters. The number of thioether (sulfide) groups is 2. The van der Waals surface area contributed by atoms with E-state index < -0.39 is 0 Å². The van der Waals surface area contributed by atoms with Gasteiger partial charge in [0.1, 0.15) is 0 Å². The van der Waals surface area contributed by atoms with Crippen LogP contribution in [0.1, 0.15) is 0 Å². The minimum absolute atomic E-state index is 0.0624. The highest BCUT2D eigenvalue weighted by Crippen LogP contribution is 2.27. The van der Waals surface area contributed by atoms with Gasteiger partial charge in [-0.15, -0.1) is 18.3 Å². The van der Waals surface area contributed by atoms with Gasteiger partial charge in [-0.2, -0.15) is 5.26 Å². The van der Waals surface area contributed by atoms with Crippen LogP contribution in [0.4, 0.5) is 5.69 Å². The van der Waals surface area contributed by atoms with Crippen molar-refractivity contribution < 1.29 is 4.79 Å². The third-order valence-electron chi connectivity index (χ3n) is 3.98. The van der Waals surface area contributed by atoms with Gasteiger partial charge in [0.05, 0.1) is 34.2 Å². The zero-order chi connectivity index (χ0) is 21.5. The molecular weight excluding hydrogens is 440 g/mol. The summed E-state index contributed by atoms with van der Waals surface area (Å²) in [7, 11) is 0. The number of hydrogen-bond acceptors (Lipinski definition) is 6. The Morgan fingerprint density at radius 2 is 2.10 bits per heavy atom. The summed E-state index contributed by atoms with van der Waals surface area (Å²) >= 11 is 8.55. The zero-order valence-corrected chi connectivity index (χ0v) is 18.2. The van der Waals surface area contributed by atoms with Crippen molar-refractivity contribution in [3.8, 4) is 6.07 Å². The van der Waals surface area contributed by atoms with Crippen molar-refractivity contribution in [3.05, 3.63) is 70.5 Å². The molecule has 9 heteroatoms. The van der Waals surface area contributed by atoms with Crippen LogP contribution in [0.15, 0.2) is 70.0 Å². The van der Waals surface area contributed by atoms with Gasteiger partial charge in [-0.05, 0) is 30.3 Å². The quantitative estimate of drug-likeness (QED) is 0.303. The van der Waals surface area contributed by atoms with Crippen molar-refractivity contribution in [1.29, 1.82) is 5.26 Å². The summed E-state index contributed by atoms with van der Waals surface area (Å²) in [5, 5.41) is 13.0. The number of para-hydroxylation sites is 1. The average Bonchev–Trinajstić information content (AvgIpc) is 2.73. The summed E-state index contributed by atoms with van der Waals surface area (Å²) in [6, 6.07) is 14.3. The number of nitrogens with one attached hydrogen (secondary N) is 1. The molecule has 2 aromatic carbocycles. The van der Waals surface area contributed by atoms with E-state index in [1.807, 2.05) is 18.2 Å². The summed E-state index contributed by atoms with van der Waals surface area (Å²) in [6.07, 6.45) is 1.61. The number of carbonyl (C=O) groups is 1. The highest BCUT2D eigenvalue weighted by Gasteiger charge is 2.14. The molecule has 1 heterocycles. The fourth-order valence-electron chi connectivity index (χ4n) is 2.70. The van der Waals surface area contributed by atoms with E-state index in [2.05, 4.69) is 22.9 Å². The summed E-state index contributed by atoms with van der Waals surface area (Å²) in [4.78, 5) is 30.7. The van der Waals surface area contributed by atoms with Gasteiger partial charge in [0.15, 0.2) is 5.16 Å². The number of carbonyl (C=O) groups excluding carboxylic acids is 1. The number of allylic oxidation sites excluding steroid dienone is 1. The second-order valence-corrected chi connectivity index (χ2v) is 8.44. The fraction of sp³-hybridized carbons (Fsp3) is 0.143. The Labute approximate surface area is 186 Å². The Balaban J connectivity index is 1.81. The third kappa shape index (κ3) is 5.25. The Morgan fingerprint density at radius 3 is 2.87 bits per heavy atom. The molecule has 0 radical (unpaired) electrons. The molecule has 0 aliphatic heterocycles. The average molecular weight is 457 g/mol. The molecule has 1 aromatic heterocycles. The van der Waals surface area contributed by atoms with Crippen LogP contribution < -0.4 is 10.9 Å². The smallest absolute Gasteiger partial charge is 0.262 e. The second-order valence-electron chi connectivity index (χ2n) is 6.04. The third-order valence-corrected chi connectivity index (χ3v) is 6.13. The first kappa shape index (κ1) is 22.0. The van der Waals surface area contributed by atoms with Crippen LogP contribution in [0, 0.1) is 11.3 Å². The van der Waals surface area contributed by atoms with Crippen LogP contribution in [-0.2, 0) is 11.3 Å². The van der Waals surface area contributed by atoms with E-state index in [1.165, 1.54) is 16.3 Å². The molecule has 0 fully saturated rings. The van der Waals surface area contributed by atoms with Crippen molar-refractivity contribution in [1.82, 2.24) is 9.55 Å². The van der Waals surface area contributed by atoms with Crippen LogP contribution in [-0.4, -0.2) is 27.0 Å². The van der Waals surface area contributed by atoms with Gasteiger partial charge in [0, 0.05) is 16.5 Å². The molecule has 0 atom stereocenters. The van der Waals surface area contributed by atoms with E-state index >= 15 is 0 Å². The fourth-order valence-corrected chi connectivity index (χ4v) is 4.34. The number of hydrogen-bond donors (Lipinski definition) is 1. The first-order valence-electron chi connectivity index (χ1n) is 8.86. The minimum Gasteiger partial charge on any atom is -0.324 e. The number of aromatic nitrogens is 2. The number of halogens is 1. The lowest BCUT2D eigenvalue weighted by Gasteiger charge is -2.12. The Morgan fingerprint density at radius 1 is 1.30 bits per heavy atom. The van der Waals surface area contributed by atoms with Crippen LogP contribution >= 0.6 is 35.1 Å². The normalized spacial score (nSPS) is 10.5. The molecule has 30 heavy (non-hydrogen) atoms. The number of nitrogens with zero attached hydrogens (tertiary/aromatic N) is 3. The Hall–Kier alpha value is -2.73. The predicted molar refractivity (Wildman–Crippen MR) is 123 cm³/mol. The number of rotatable bonds is 8. The standard InChI is InChI=1S/C21H17ClN4O2S2/c1-2-10-26-20(28)15-8-7-14(22)12-17(15)25-21(26)30-13-19(27)24-16-5-3-4-6-18(16)29-11-9-23/h2-8,12H,1,10-11,13H2,(H,24,27). The van der Waals surface area contributed by atoms with Crippen LogP contribution in [0.5, 0.6) is 0 Å². The second kappa shape index (κ2) is 10.3. The number of benzene rings is 2. The van der Waals surface area contributed by atoms with Crippen LogP contribution in [0.25, 0.3) is 10.9 Å². The maximum atomic E-state index is 12.8. The lowest BCUT2D eigenvalue weighted by molar-refractivity contribution is -0.113. The van der Waals surface area contributed by atoms with Crippen molar-refractivity contribution >= 4 is 57.6 Å². The van der Waals surface area contributed by atoms with E-state index in [4.69, 9.17) is 16.9 Å². The summed E-state index contributed by atoms with van der Waals surface area (Å²) < 4.78 is 1.48. The van der Waals surface area contributed by atoms with Gasteiger partial charge in [-0.1, -0.05) is 41.6 Å². The van der Waals surface area contributed by atoms with E-state index in [-0.39, 0.29) is 23.8 Å². The van der Waals surface area contributed by atoms with E-state index in [9.17, 15) is 9.59 Å². The topological polar surface area (TPSA) is 87.8 Å². The molecule has 3 aromatic rings. The van der Waals surface area contributed by atoms with Crippen LogP contribution in [0.3, 0.4) is 0 Å². The summed E-state index contributed by atoms with van der Waals surface area (Å²) in [5.41, 5.74) is 0.914. The molecule has 0 aliphatic rings. The van der Waals surface area contributed by atoms with E-state index in [1.54, 1.807) is 30.3 Å². The lowest BCUT2D eigenvalue weighted by Crippen LogP contribution is -2.23. The largest absolute Gasteiger partial charge is 0.324 e. The first-order chi connectivity index (χ1) is 14.5. The van der Waals surface area contributed by atoms with Crippen molar-refractivity contribution in [2.24, 2.45) is 0 Å². The highest BCUT2D eigenvalue weighted by atomic mass is 35.5. The Bertz CT molecular complexity index is 1200. The molecule has 152 valence electrons. The Kier molecular flexibility index (Phi) is 7.57. The van der Waals surface area contributed by atoms with Crippen molar-refractivity contribution in [2.45, 2.75) is 16.6 Å². The SMILES string of the molecule is C=CCn1c(SCC(=O)Nc2ccccc2SCC#N)nc2cc(Cl)ccc2c1=O. The molecular formula is C21H17ClN4O2S2. The van der Waals surface area contributed by atoms with Crippen molar-refractivity contribution in [3.63, 3.8) is 0 Å². The van der Waals surface area contributed by atoms with Gasteiger partial charge in [-0.25, -0.2) is 4.98 Å². The molecule has 0 saturated carbocycles. The molecule has 1 N–H and O–H groups in total. The van der Waals surface area contributed by atoms with Crippen LogP contribution in [0.2, 0.25) is 5.02 Å². The predicted octanol–water partition coefficient (Wildman–Crippen LogP) is 4.58. The number of fused-ring (bicyclic) bond motifs is 1. The van der Waals surface area contributed by atoms with E-state index in [0.717, 1.165) is 16.7 Å². The monoisotopic (exact) mass is 456 g/mol. The maximum absolute atomic E-state index is 12.8. The van der Waals surface area contributed by atoms with Gasteiger partial charge < -0.3 is 5.32 Å². The number of nitriles is 1. The van der Waals surface area contributed by atoms with Gasteiger partial charge >= 0.3 is 0 Å². The number of anilines is 1. The number of amides is 1. The molecule has 6 nitrogen and oxygen atoms in total. The minimum atomic E-state index is -0.240. The molecule has 0 bridgehead atoms. The lowest BCUT2D eigenvalue weighted by atomic mass is 10.2. The maximum Gasteiger partial charge on any atom is 0.262 e. The van der Waals surface area contributed by atoms with E-state index in [0.29, 0.717) is 32.5 Å². The summed E-state index contributed by atoms with van der Waals surface area (Å²) in [5.74, 6) is 0.113. The van der Waals surface area contributed by atoms with Gasteiger partial charge in [0.25, 0.3) is 5.56 Å². The highest BCUT2D eigenvalue weighted by molar-refractivity contribution is 8.00. The van der Waals surface area contributed by atoms with Crippen molar-refractivity contribution in [2.75, 3.05) is 16.8 Å². The molecule has 3 rings (SSSR count). The van der Waals surface area contributed by atoms with Gasteiger partial charge in [-0.3, -0.25) is 14.2 Å². The summed E-state index contributed by atoms with van der Waals surface area (Å²) in [6.45, 7) is 3.97. The first-order valence-corrected chi connectivity index (χ1v) is 11.2. The molecule has 0 saturated heterocycles. The molecule has 1 amide bonds. The molecule has 0 spiro atoms.